The molecule has 2 aromatic rings. The van der Waals surface area contributed by atoms with E-state index in [1.807, 2.05) is 25.1 Å². The number of nitrogens with zero attached hydrogens (tertiary/aromatic N) is 2. The van der Waals surface area contributed by atoms with Crippen LogP contribution >= 0.6 is 0 Å². The van der Waals surface area contributed by atoms with Gasteiger partial charge in [-0.05, 0) is 31.0 Å². The Bertz CT molecular complexity index is 519. The minimum Gasteiger partial charge on any atom is -0.460 e. The molecule has 0 aliphatic heterocycles. The third-order valence-corrected chi connectivity index (χ3v) is 3.06. The maximum Gasteiger partial charge on any atom is 0.152 e. The summed E-state index contributed by atoms with van der Waals surface area (Å²) < 4.78 is 5.58. The monoisotopic (exact) mass is 245 g/mol. The highest BCUT2D eigenvalue weighted by Crippen LogP contribution is 2.24. The quantitative estimate of drug-likeness (QED) is 0.899. The van der Waals surface area contributed by atoms with E-state index in [1.54, 1.807) is 6.20 Å². The molecule has 18 heavy (non-hydrogen) atoms. The van der Waals surface area contributed by atoms with Crippen LogP contribution in [-0.4, -0.2) is 16.5 Å². The third kappa shape index (κ3) is 2.59. The standard InChI is InChI=1S/C14H19N3O/c1-9(2)11(8-15)14-16-7-6-12(17-14)13-5-4-10(3)18-13/h4-7,9,11H,8,15H2,1-3H3. The van der Waals surface area contributed by atoms with Gasteiger partial charge in [-0.2, -0.15) is 0 Å². The lowest BCUT2D eigenvalue weighted by Gasteiger charge is -2.17. The molecule has 2 heterocycles. The summed E-state index contributed by atoms with van der Waals surface area (Å²) in [6.07, 6.45) is 1.76. The van der Waals surface area contributed by atoms with E-state index in [1.165, 1.54) is 0 Å². The van der Waals surface area contributed by atoms with Crippen molar-refractivity contribution >= 4 is 0 Å². The van der Waals surface area contributed by atoms with Crippen LogP contribution in [0.2, 0.25) is 0 Å². The van der Waals surface area contributed by atoms with Gasteiger partial charge in [0.1, 0.15) is 17.3 Å². The lowest BCUT2D eigenvalue weighted by Crippen LogP contribution is -2.20. The van der Waals surface area contributed by atoms with E-state index in [0.29, 0.717) is 12.5 Å². The maximum absolute atomic E-state index is 5.80. The van der Waals surface area contributed by atoms with E-state index >= 15 is 0 Å². The minimum absolute atomic E-state index is 0.181. The van der Waals surface area contributed by atoms with Gasteiger partial charge in [0.25, 0.3) is 0 Å². The fraction of sp³-hybridized carbons (Fsp3) is 0.429. The number of rotatable bonds is 4. The Labute approximate surface area is 107 Å². The molecule has 0 aromatic carbocycles. The molecular weight excluding hydrogens is 226 g/mol. The topological polar surface area (TPSA) is 64.9 Å². The first-order valence-corrected chi connectivity index (χ1v) is 6.21. The van der Waals surface area contributed by atoms with Crippen LogP contribution in [0, 0.1) is 12.8 Å². The van der Waals surface area contributed by atoms with Crippen molar-refractivity contribution in [2.75, 3.05) is 6.54 Å². The molecule has 0 saturated heterocycles. The molecule has 0 amide bonds. The van der Waals surface area contributed by atoms with Crippen LogP contribution in [-0.2, 0) is 0 Å². The van der Waals surface area contributed by atoms with Crippen LogP contribution < -0.4 is 5.73 Å². The van der Waals surface area contributed by atoms with Gasteiger partial charge in [-0.15, -0.1) is 0 Å². The van der Waals surface area contributed by atoms with Gasteiger partial charge in [0.05, 0.1) is 0 Å². The predicted molar refractivity (Wildman–Crippen MR) is 71.1 cm³/mol. The van der Waals surface area contributed by atoms with Gasteiger partial charge >= 0.3 is 0 Å². The van der Waals surface area contributed by atoms with E-state index in [2.05, 4.69) is 23.8 Å². The molecule has 0 aliphatic carbocycles. The Morgan fingerprint density at radius 3 is 2.61 bits per heavy atom. The lowest BCUT2D eigenvalue weighted by atomic mass is 9.95. The summed E-state index contributed by atoms with van der Waals surface area (Å²) in [6.45, 7) is 6.73. The highest BCUT2D eigenvalue weighted by atomic mass is 16.3. The van der Waals surface area contributed by atoms with Crippen molar-refractivity contribution in [1.82, 2.24) is 9.97 Å². The molecule has 4 heteroatoms. The van der Waals surface area contributed by atoms with Gasteiger partial charge in [0.2, 0.25) is 0 Å². The van der Waals surface area contributed by atoms with Gasteiger partial charge in [-0.25, -0.2) is 9.97 Å². The lowest BCUT2D eigenvalue weighted by molar-refractivity contribution is 0.482. The minimum atomic E-state index is 0.181. The average molecular weight is 245 g/mol. The SMILES string of the molecule is Cc1ccc(-c2ccnc(C(CN)C(C)C)n2)o1. The van der Waals surface area contributed by atoms with Crippen LogP contribution in [0.25, 0.3) is 11.5 Å². The molecule has 0 radical (unpaired) electrons. The smallest absolute Gasteiger partial charge is 0.152 e. The molecule has 0 fully saturated rings. The van der Waals surface area contributed by atoms with Gasteiger partial charge in [-0.3, -0.25) is 0 Å². The summed E-state index contributed by atoms with van der Waals surface area (Å²) in [5.74, 6) is 3.05. The molecule has 2 N–H and O–H groups in total. The van der Waals surface area contributed by atoms with Gasteiger partial charge < -0.3 is 10.2 Å². The van der Waals surface area contributed by atoms with Crippen LogP contribution in [0.5, 0.6) is 0 Å². The Balaban J connectivity index is 2.35. The largest absolute Gasteiger partial charge is 0.460 e. The number of nitrogens with two attached hydrogens (primary N) is 1. The van der Waals surface area contributed by atoms with Crippen molar-refractivity contribution in [3.63, 3.8) is 0 Å². The van der Waals surface area contributed by atoms with Crippen molar-refractivity contribution in [2.24, 2.45) is 11.7 Å². The predicted octanol–water partition coefficient (Wildman–Crippen LogP) is 2.74. The summed E-state index contributed by atoms with van der Waals surface area (Å²) in [7, 11) is 0. The number of furan rings is 1. The Morgan fingerprint density at radius 1 is 1.28 bits per heavy atom. The molecule has 0 aliphatic rings. The van der Waals surface area contributed by atoms with Crippen molar-refractivity contribution < 1.29 is 4.42 Å². The van der Waals surface area contributed by atoms with Crippen LogP contribution in [0.3, 0.4) is 0 Å². The maximum atomic E-state index is 5.80. The molecule has 2 aromatic heterocycles. The first kappa shape index (κ1) is 12.8. The summed E-state index contributed by atoms with van der Waals surface area (Å²) in [5.41, 5.74) is 6.61. The second-order valence-corrected chi connectivity index (χ2v) is 4.80. The van der Waals surface area contributed by atoms with Gasteiger partial charge in [0.15, 0.2) is 5.76 Å². The number of aromatic nitrogens is 2. The van der Waals surface area contributed by atoms with Crippen molar-refractivity contribution in [2.45, 2.75) is 26.7 Å². The van der Waals surface area contributed by atoms with E-state index < -0.39 is 0 Å². The summed E-state index contributed by atoms with van der Waals surface area (Å²) in [4.78, 5) is 8.90. The first-order valence-electron chi connectivity index (χ1n) is 6.21. The van der Waals surface area contributed by atoms with E-state index in [9.17, 15) is 0 Å². The zero-order chi connectivity index (χ0) is 13.1. The van der Waals surface area contributed by atoms with E-state index in [0.717, 1.165) is 23.0 Å². The molecule has 1 unspecified atom stereocenters. The molecular formula is C14H19N3O. The number of aryl methyl sites for hydroxylation is 1. The molecule has 96 valence electrons. The Kier molecular flexibility index (Phi) is 3.77. The van der Waals surface area contributed by atoms with Crippen molar-refractivity contribution in [1.29, 1.82) is 0 Å². The first-order chi connectivity index (χ1) is 8.61. The summed E-state index contributed by atoms with van der Waals surface area (Å²) in [5, 5.41) is 0. The van der Waals surface area contributed by atoms with Gasteiger partial charge in [0, 0.05) is 18.7 Å². The molecule has 2 rings (SSSR count). The molecule has 0 spiro atoms. The Hall–Kier alpha value is -1.68. The summed E-state index contributed by atoms with van der Waals surface area (Å²) >= 11 is 0. The second kappa shape index (κ2) is 5.31. The molecule has 1 atom stereocenters. The zero-order valence-corrected chi connectivity index (χ0v) is 11.1. The second-order valence-electron chi connectivity index (χ2n) is 4.80. The van der Waals surface area contributed by atoms with Crippen LogP contribution in [0.4, 0.5) is 0 Å². The van der Waals surface area contributed by atoms with E-state index in [4.69, 9.17) is 10.2 Å². The summed E-state index contributed by atoms with van der Waals surface area (Å²) in [6, 6.07) is 5.71. The highest BCUT2D eigenvalue weighted by Gasteiger charge is 2.18. The average Bonchev–Trinajstić information content (AvgIpc) is 2.77. The fourth-order valence-corrected chi connectivity index (χ4v) is 1.94. The normalized spacial score (nSPS) is 12.9. The number of hydrogen-bond donors (Lipinski definition) is 1. The molecule has 0 bridgehead atoms. The third-order valence-electron chi connectivity index (χ3n) is 3.06. The van der Waals surface area contributed by atoms with Gasteiger partial charge in [-0.1, -0.05) is 13.8 Å². The molecule has 4 nitrogen and oxygen atoms in total. The highest BCUT2D eigenvalue weighted by molar-refractivity contribution is 5.51. The molecule has 0 saturated carbocycles. The fourth-order valence-electron chi connectivity index (χ4n) is 1.94. The van der Waals surface area contributed by atoms with Crippen LogP contribution in [0.1, 0.15) is 31.4 Å². The number of hydrogen-bond acceptors (Lipinski definition) is 4. The van der Waals surface area contributed by atoms with Crippen LogP contribution in [0.15, 0.2) is 28.8 Å². The van der Waals surface area contributed by atoms with E-state index in [-0.39, 0.29) is 5.92 Å². The van der Waals surface area contributed by atoms with Crippen molar-refractivity contribution in [3.8, 4) is 11.5 Å². The zero-order valence-electron chi connectivity index (χ0n) is 11.1. The Morgan fingerprint density at radius 2 is 2.06 bits per heavy atom. The van der Waals surface area contributed by atoms with Crippen molar-refractivity contribution in [3.05, 3.63) is 36.0 Å².